The van der Waals surface area contributed by atoms with Crippen LogP contribution in [-0.4, -0.2) is 36.9 Å². The summed E-state index contributed by atoms with van der Waals surface area (Å²) in [6.07, 6.45) is 0. The van der Waals surface area contributed by atoms with Crippen LogP contribution in [-0.2, 0) is 16.1 Å². The first kappa shape index (κ1) is 14.0. The average Bonchev–Trinajstić information content (AvgIpc) is 2.31. The molecule has 0 aliphatic carbocycles. The molecule has 1 aromatic rings. The summed E-state index contributed by atoms with van der Waals surface area (Å²) in [7, 11) is 1.54. The molecule has 6 heteroatoms. The number of nitrogens with two attached hydrogens (primary N) is 2. The number of primary amides is 1. The molecule has 0 radical (unpaired) electrons. The van der Waals surface area contributed by atoms with Crippen molar-refractivity contribution in [3.8, 4) is 0 Å². The number of anilines is 1. The lowest BCUT2D eigenvalue weighted by Gasteiger charge is -2.20. The van der Waals surface area contributed by atoms with Gasteiger partial charge in [0.1, 0.15) is 0 Å². The third-order valence-corrected chi connectivity index (χ3v) is 2.47. The molecule has 0 spiro atoms. The van der Waals surface area contributed by atoms with Gasteiger partial charge in [-0.2, -0.15) is 0 Å². The van der Waals surface area contributed by atoms with E-state index in [1.807, 2.05) is 18.2 Å². The molecule has 0 saturated carbocycles. The van der Waals surface area contributed by atoms with Gasteiger partial charge in [0.05, 0.1) is 13.1 Å². The van der Waals surface area contributed by atoms with Crippen LogP contribution in [0.3, 0.4) is 0 Å². The van der Waals surface area contributed by atoms with E-state index in [0.29, 0.717) is 12.2 Å². The van der Waals surface area contributed by atoms with Gasteiger partial charge in [0, 0.05) is 19.3 Å². The van der Waals surface area contributed by atoms with Crippen molar-refractivity contribution in [1.82, 2.24) is 10.2 Å². The van der Waals surface area contributed by atoms with Gasteiger partial charge >= 0.3 is 0 Å². The Morgan fingerprint density at radius 3 is 2.50 bits per heavy atom. The highest BCUT2D eigenvalue weighted by molar-refractivity contribution is 5.80. The average molecular weight is 250 g/mol. The summed E-state index contributed by atoms with van der Waals surface area (Å²) < 4.78 is 0. The van der Waals surface area contributed by atoms with Crippen molar-refractivity contribution < 1.29 is 9.59 Å². The van der Waals surface area contributed by atoms with Crippen molar-refractivity contribution in [2.24, 2.45) is 5.73 Å². The summed E-state index contributed by atoms with van der Waals surface area (Å²) in [5, 5.41) is 2.51. The summed E-state index contributed by atoms with van der Waals surface area (Å²) in [4.78, 5) is 24.0. The molecule has 1 aromatic carbocycles. The second kappa shape index (κ2) is 6.61. The summed E-state index contributed by atoms with van der Waals surface area (Å²) in [5.74, 6) is -0.654. The maximum absolute atomic E-state index is 11.3. The zero-order valence-electron chi connectivity index (χ0n) is 10.3. The van der Waals surface area contributed by atoms with Gasteiger partial charge in [-0.05, 0) is 11.6 Å². The van der Waals surface area contributed by atoms with Gasteiger partial charge in [-0.1, -0.05) is 18.2 Å². The van der Waals surface area contributed by atoms with Gasteiger partial charge in [0.2, 0.25) is 11.8 Å². The Hall–Kier alpha value is -2.08. The highest BCUT2D eigenvalue weighted by Crippen LogP contribution is 2.12. The van der Waals surface area contributed by atoms with Gasteiger partial charge in [0.15, 0.2) is 0 Å². The molecule has 0 aromatic heterocycles. The monoisotopic (exact) mass is 250 g/mol. The fourth-order valence-corrected chi connectivity index (χ4v) is 1.59. The zero-order valence-corrected chi connectivity index (χ0v) is 10.3. The van der Waals surface area contributed by atoms with Crippen LogP contribution in [0.15, 0.2) is 24.3 Å². The Morgan fingerprint density at radius 1 is 1.28 bits per heavy atom. The minimum absolute atomic E-state index is 0.0156. The van der Waals surface area contributed by atoms with Crippen molar-refractivity contribution in [2.45, 2.75) is 6.54 Å². The number of hydrogen-bond acceptors (Lipinski definition) is 4. The first-order valence-electron chi connectivity index (χ1n) is 5.57. The highest BCUT2D eigenvalue weighted by atomic mass is 16.2. The molecule has 0 unspecified atom stereocenters. The van der Waals surface area contributed by atoms with E-state index in [0.717, 1.165) is 5.56 Å². The second-order valence-electron chi connectivity index (χ2n) is 3.98. The lowest BCUT2D eigenvalue weighted by molar-refractivity contribution is -0.123. The van der Waals surface area contributed by atoms with Crippen molar-refractivity contribution in [3.05, 3.63) is 29.8 Å². The fraction of sp³-hybridized carbons (Fsp3) is 0.333. The van der Waals surface area contributed by atoms with Crippen LogP contribution in [0.5, 0.6) is 0 Å². The Bertz CT molecular complexity index is 434. The number of hydrogen-bond donors (Lipinski definition) is 3. The van der Waals surface area contributed by atoms with E-state index in [4.69, 9.17) is 11.5 Å². The molecule has 18 heavy (non-hydrogen) atoms. The van der Waals surface area contributed by atoms with Crippen molar-refractivity contribution >= 4 is 17.5 Å². The Balaban J connectivity index is 2.74. The largest absolute Gasteiger partial charge is 0.398 e. The van der Waals surface area contributed by atoms with Crippen LogP contribution in [0.1, 0.15) is 5.56 Å². The summed E-state index contributed by atoms with van der Waals surface area (Å²) in [5.41, 5.74) is 12.5. The Morgan fingerprint density at radius 2 is 1.94 bits per heavy atom. The molecule has 0 atom stereocenters. The van der Waals surface area contributed by atoms with Crippen molar-refractivity contribution in [1.29, 1.82) is 0 Å². The maximum atomic E-state index is 11.3. The molecule has 98 valence electrons. The molecule has 6 nitrogen and oxygen atoms in total. The molecule has 0 aliphatic rings. The Kier molecular flexibility index (Phi) is 5.13. The van der Waals surface area contributed by atoms with Gasteiger partial charge in [0.25, 0.3) is 0 Å². The summed E-state index contributed by atoms with van der Waals surface area (Å²) in [6.45, 7) is 0.526. The molecular formula is C12H18N4O2. The lowest BCUT2D eigenvalue weighted by atomic mass is 10.1. The maximum Gasteiger partial charge on any atom is 0.233 e. The van der Waals surface area contributed by atoms with E-state index < -0.39 is 5.91 Å². The number of nitrogens with zero attached hydrogens (tertiary/aromatic N) is 1. The topological polar surface area (TPSA) is 101 Å². The molecule has 0 heterocycles. The SMILES string of the molecule is CNC(=O)CN(CC(N)=O)Cc1ccccc1N. The number of carbonyl (C=O) groups excluding carboxylic acids is 2. The fourth-order valence-electron chi connectivity index (χ4n) is 1.59. The van der Waals surface area contributed by atoms with E-state index in [2.05, 4.69) is 5.32 Å². The number of amides is 2. The number of benzene rings is 1. The van der Waals surface area contributed by atoms with Gasteiger partial charge in [-0.15, -0.1) is 0 Å². The highest BCUT2D eigenvalue weighted by Gasteiger charge is 2.13. The number of para-hydroxylation sites is 1. The number of carbonyl (C=O) groups is 2. The third kappa shape index (κ3) is 4.42. The van der Waals surface area contributed by atoms with Crippen molar-refractivity contribution in [2.75, 3.05) is 25.9 Å². The van der Waals surface area contributed by atoms with Crippen LogP contribution >= 0.6 is 0 Å². The predicted octanol–water partition coefficient (Wildman–Crippen LogP) is -0.698. The van der Waals surface area contributed by atoms with Gasteiger partial charge in [-0.3, -0.25) is 14.5 Å². The van der Waals surface area contributed by atoms with Gasteiger partial charge < -0.3 is 16.8 Å². The molecule has 0 saturated heterocycles. The number of likely N-dealkylation sites (N-methyl/N-ethyl adjacent to an activating group) is 1. The molecular weight excluding hydrogens is 232 g/mol. The number of nitrogens with one attached hydrogen (secondary N) is 1. The van der Waals surface area contributed by atoms with Crippen molar-refractivity contribution in [3.63, 3.8) is 0 Å². The number of nitrogen functional groups attached to an aromatic ring is 1. The van der Waals surface area contributed by atoms with Crippen LogP contribution in [0, 0.1) is 0 Å². The molecule has 2 amide bonds. The lowest BCUT2D eigenvalue weighted by Crippen LogP contribution is -2.40. The number of rotatable bonds is 6. The predicted molar refractivity (Wildman–Crippen MR) is 69.4 cm³/mol. The molecule has 0 aliphatic heterocycles. The summed E-state index contributed by atoms with van der Waals surface area (Å²) >= 11 is 0. The minimum atomic E-state index is -0.478. The Labute approximate surface area is 106 Å². The third-order valence-electron chi connectivity index (χ3n) is 2.47. The van der Waals surface area contributed by atoms with Crippen LogP contribution in [0.25, 0.3) is 0 Å². The zero-order chi connectivity index (χ0) is 13.5. The molecule has 0 bridgehead atoms. The smallest absolute Gasteiger partial charge is 0.233 e. The van der Waals surface area contributed by atoms with Crippen LogP contribution in [0.4, 0.5) is 5.69 Å². The standard InChI is InChI=1S/C12H18N4O2/c1-15-12(18)8-16(7-11(14)17)6-9-4-2-3-5-10(9)13/h2-5H,6-8,13H2,1H3,(H2,14,17)(H,15,18). The van der Waals surface area contributed by atoms with Crippen LogP contribution in [0.2, 0.25) is 0 Å². The minimum Gasteiger partial charge on any atom is -0.398 e. The molecule has 0 fully saturated rings. The normalized spacial score (nSPS) is 10.3. The van der Waals surface area contributed by atoms with E-state index in [1.54, 1.807) is 18.0 Å². The first-order valence-corrected chi connectivity index (χ1v) is 5.57. The first-order chi connectivity index (χ1) is 8.52. The van der Waals surface area contributed by atoms with E-state index in [-0.39, 0.29) is 19.0 Å². The van der Waals surface area contributed by atoms with E-state index in [9.17, 15) is 9.59 Å². The van der Waals surface area contributed by atoms with Crippen LogP contribution < -0.4 is 16.8 Å². The quantitative estimate of drug-likeness (QED) is 0.581. The molecule has 1 rings (SSSR count). The van der Waals surface area contributed by atoms with E-state index in [1.165, 1.54) is 0 Å². The summed E-state index contributed by atoms with van der Waals surface area (Å²) in [6, 6.07) is 7.31. The van der Waals surface area contributed by atoms with Gasteiger partial charge in [-0.25, -0.2) is 0 Å². The second-order valence-corrected chi connectivity index (χ2v) is 3.98. The van der Waals surface area contributed by atoms with E-state index >= 15 is 0 Å². The molecule has 5 N–H and O–H groups in total.